The van der Waals surface area contributed by atoms with Crippen molar-refractivity contribution in [2.75, 3.05) is 13.1 Å². The fourth-order valence-corrected chi connectivity index (χ4v) is 2.63. The van der Waals surface area contributed by atoms with Crippen molar-refractivity contribution in [1.29, 1.82) is 0 Å². The van der Waals surface area contributed by atoms with E-state index in [1.54, 1.807) is 17.3 Å². The highest BCUT2D eigenvalue weighted by Crippen LogP contribution is 2.26. The molecule has 2 rings (SSSR count). The van der Waals surface area contributed by atoms with Gasteiger partial charge in [0.15, 0.2) is 0 Å². The zero-order chi connectivity index (χ0) is 14.5. The number of carbonyl (C=O) groups is 1. The summed E-state index contributed by atoms with van der Waals surface area (Å²) < 4.78 is 6.74. The number of hydroxylamine groups is 1. The van der Waals surface area contributed by atoms with E-state index in [9.17, 15) is 4.79 Å². The van der Waals surface area contributed by atoms with E-state index < -0.39 is 0 Å². The average molecular weight is 298 g/mol. The van der Waals surface area contributed by atoms with Crippen LogP contribution in [0, 0.1) is 6.92 Å². The van der Waals surface area contributed by atoms with E-state index in [0.717, 1.165) is 24.2 Å². The van der Waals surface area contributed by atoms with Crippen molar-refractivity contribution in [2.24, 2.45) is 0 Å². The first-order valence-corrected chi connectivity index (χ1v) is 6.89. The molecule has 1 atom stereocenters. The summed E-state index contributed by atoms with van der Waals surface area (Å²) in [5.74, 6) is 0. The van der Waals surface area contributed by atoms with Crippen LogP contribution in [0.3, 0.4) is 0 Å². The Morgan fingerprint density at radius 1 is 1.60 bits per heavy atom. The van der Waals surface area contributed by atoms with E-state index in [1.165, 1.54) is 6.20 Å². The molecule has 0 aliphatic carbocycles. The van der Waals surface area contributed by atoms with Crippen LogP contribution in [-0.4, -0.2) is 38.8 Å². The summed E-state index contributed by atoms with van der Waals surface area (Å²) in [4.78, 5) is 17.4. The number of rotatable bonds is 3. The number of nitrogens with one attached hydrogen (secondary N) is 1. The molecule has 2 heterocycles. The number of imidazole rings is 1. The van der Waals surface area contributed by atoms with E-state index in [0.29, 0.717) is 19.1 Å². The molecule has 20 heavy (non-hydrogen) atoms. The number of carbonyl (C=O) groups excluding carboxylic acids is 1. The van der Waals surface area contributed by atoms with Crippen LogP contribution in [0.5, 0.6) is 0 Å². The molecular formula is C12H19N4O3P. The third-order valence-corrected chi connectivity index (χ3v) is 3.76. The number of likely N-dealkylation sites (tertiary alicyclic amines) is 1. The first-order valence-electron chi connectivity index (χ1n) is 6.42. The van der Waals surface area contributed by atoms with Crippen LogP contribution < -0.4 is 5.48 Å². The number of piperidine rings is 1. The molecule has 1 aromatic heterocycles. The summed E-state index contributed by atoms with van der Waals surface area (Å²) in [7, 11) is 1.98. The molecule has 110 valence electrons. The number of aryl methyl sites for hydroxylation is 1. The SMILES string of the molecule is Cc1ncn(C2CCN(C(=O)OP)CC2)c1/C=C\NO. The smallest absolute Gasteiger partial charge is 0.411 e. The minimum atomic E-state index is -0.306. The van der Waals surface area contributed by atoms with Crippen LogP contribution in [0.15, 0.2) is 12.5 Å². The first kappa shape index (κ1) is 14.8. The van der Waals surface area contributed by atoms with Crippen LogP contribution >= 0.6 is 9.47 Å². The molecule has 0 radical (unpaired) electrons. The van der Waals surface area contributed by atoms with Gasteiger partial charge in [0.25, 0.3) is 0 Å². The van der Waals surface area contributed by atoms with Gasteiger partial charge in [-0.1, -0.05) is 0 Å². The zero-order valence-corrected chi connectivity index (χ0v) is 12.5. The fraction of sp³-hybridized carbons (Fsp3) is 0.500. The van der Waals surface area contributed by atoms with Gasteiger partial charge in [0.05, 0.1) is 27.2 Å². The van der Waals surface area contributed by atoms with Crippen molar-refractivity contribution in [3.05, 3.63) is 23.9 Å². The van der Waals surface area contributed by atoms with Crippen molar-refractivity contribution in [1.82, 2.24) is 19.9 Å². The molecule has 1 aromatic rings. The molecule has 0 spiro atoms. The molecule has 1 aliphatic rings. The molecule has 1 amide bonds. The van der Waals surface area contributed by atoms with Crippen LogP contribution in [0.4, 0.5) is 4.79 Å². The van der Waals surface area contributed by atoms with Crippen molar-refractivity contribution < 1.29 is 14.5 Å². The van der Waals surface area contributed by atoms with Crippen molar-refractivity contribution in [3.63, 3.8) is 0 Å². The number of hydrogen-bond acceptors (Lipinski definition) is 5. The highest BCUT2D eigenvalue weighted by molar-refractivity contribution is 7.10. The van der Waals surface area contributed by atoms with Gasteiger partial charge in [-0.3, -0.25) is 10.7 Å². The minimum Gasteiger partial charge on any atom is -0.435 e. The Morgan fingerprint density at radius 2 is 2.30 bits per heavy atom. The monoisotopic (exact) mass is 298 g/mol. The average Bonchev–Trinajstić information content (AvgIpc) is 2.85. The molecule has 1 saturated heterocycles. The highest BCUT2D eigenvalue weighted by atomic mass is 31.0. The van der Waals surface area contributed by atoms with Gasteiger partial charge >= 0.3 is 6.09 Å². The second kappa shape index (κ2) is 6.72. The third-order valence-electron chi connectivity index (χ3n) is 3.56. The van der Waals surface area contributed by atoms with Crippen LogP contribution in [0.1, 0.15) is 30.3 Å². The summed E-state index contributed by atoms with van der Waals surface area (Å²) in [6.45, 7) is 3.25. The molecule has 8 heteroatoms. The lowest BCUT2D eigenvalue weighted by molar-refractivity contribution is 0.138. The Bertz CT molecular complexity index is 495. The second-order valence-electron chi connectivity index (χ2n) is 4.69. The van der Waals surface area contributed by atoms with Gasteiger partial charge in [-0.15, -0.1) is 0 Å². The Hall–Kier alpha value is -1.59. The molecule has 1 aliphatic heterocycles. The number of amides is 1. The zero-order valence-electron chi connectivity index (χ0n) is 11.3. The van der Waals surface area contributed by atoms with E-state index in [-0.39, 0.29) is 6.09 Å². The lowest BCUT2D eigenvalue weighted by Gasteiger charge is -2.32. The summed E-state index contributed by atoms with van der Waals surface area (Å²) in [6, 6.07) is 0.295. The van der Waals surface area contributed by atoms with Crippen molar-refractivity contribution in [2.45, 2.75) is 25.8 Å². The minimum absolute atomic E-state index is 0.295. The van der Waals surface area contributed by atoms with E-state index in [1.807, 2.05) is 21.9 Å². The summed E-state index contributed by atoms with van der Waals surface area (Å²) >= 11 is 0. The van der Waals surface area contributed by atoms with E-state index in [2.05, 4.69) is 14.1 Å². The largest absolute Gasteiger partial charge is 0.435 e. The lowest BCUT2D eigenvalue weighted by atomic mass is 10.0. The molecular weight excluding hydrogens is 279 g/mol. The van der Waals surface area contributed by atoms with Crippen molar-refractivity contribution in [3.8, 4) is 0 Å². The fourth-order valence-electron chi connectivity index (χ4n) is 2.48. The number of hydrogen-bond donors (Lipinski definition) is 2. The highest BCUT2D eigenvalue weighted by Gasteiger charge is 2.25. The molecule has 0 saturated carbocycles. The molecule has 0 aromatic carbocycles. The third kappa shape index (κ3) is 3.11. The van der Waals surface area contributed by atoms with Crippen molar-refractivity contribution >= 4 is 21.6 Å². The van der Waals surface area contributed by atoms with Gasteiger partial charge in [0.1, 0.15) is 0 Å². The van der Waals surface area contributed by atoms with Gasteiger partial charge in [-0.2, -0.15) is 0 Å². The Morgan fingerprint density at radius 3 is 2.90 bits per heavy atom. The maximum absolute atomic E-state index is 11.4. The standard InChI is InChI=1S/C12H19N4O3P/c1-9-11(2-5-14-18)16(8-13-9)10-3-6-15(7-4-10)12(17)19-20/h2,5,8,10,14,18H,3-4,6-7,20H2,1H3/b5-2-. The quantitative estimate of drug-likeness (QED) is 0.656. The van der Waals surface area contributed by atoms with E-state index in [4.69, 9.17) is 5.21 Å². The maximum atomic E-state index is 11.4. The molecule has 7 nitrogen and oxygen atoms in total. The molecule has 1 fully saturated rings. The topological polar surface area (TPSA) is 79.6 Å². The predicted octanol–water partition coefficient (Wildman–Crippen LogP) is 1.70. The maximum Gasteiger partial charge on any atom is 0.411 e. The first-order chi connectivity index (χ1) is 9.67. The Balaban J connectivity index is 2.07. The Kier molecular flexibility index (Phi) is 4.98. The Labute approximate surface area is 119 Å². The predicted molar refractivity (Wildman–Crippen MR) is 77.0 cm³/mol. The normalized spacial score (nSPS) is 16.6. The van der Waals surface area contributed by atoms with Crippen LogP contribution in [0.25, 0.3) is 6.08 Å². The van der Waals surface area contributed by atoms with E-state index >= 15 is 0 Å². The summed E-state index contributed by atoms with van der Waals surface area (Å²) in [5.41, 5.74) is 3.86. The van der Waals surface area contributed by atoms with Gasteiger partial charge in [-0.05, 0) is 25.8 Å². The summed E-state index contributed by atoms with van der Waals surface area (Å²) in [5, 5.41) is 8.65. The van der Waals surface area contributed by atoms with Crippen LogP contribution in [-0.2, 0) is 4.52 Å². The second-order valence-corrected chi connectivity index (χ2v) is 4.92. The number of nitrogens with zero attached hydrogens (tertiary/aromatic N) is 3. The van der Waals surface area contributed by atoms with Gasteiger partial charge < -0.3 is 14.0 Å². The molecule has 2 N–H and O–H groups in total. The van der Waals surface area contributed by atoms with Crippen LogP contribution in [0.2, 0.25) is 0 Å². The number of aromatic nitrogens is 2. The van der Waals surface area contributed by atoms with Gasteiger partial charge in [0.2, 0.25) is 0 Å². The lowest BCUT2D eigenvalue weighted by Crippen LogP contribution is -2.38. The molecule has 0 bridgehead atoms. The van der Waals surface area contributed by atoms with Gasteiger partial charge in [-0.25, -0.2) is 9.78 Å². The molecule has 1 unspecified atom stereocenters. The van der Waals surface area contributed by atoms with Gasteiger partial charge in [0, 0.05) is 25.3 Å². The summed E-state index contributed by atoms with van der Waals surface area (Å²) in [6.07, 6.45) is 6.44.